The molecule has 0 fully saturated rings. The van der Waals surface area contributed by atoms with Gasteiger partial charge in [-0.05, 0) is 45.5 Å². The van der Waals surface area contributed by atoms with Crippen molar-refractivity contribution in [3.63, 3.8) is 0 Å². The molecule has 4 aromatic rings. The van der Waals surface area contributed by atoms with Crippen LogP contribution in [0.1, 0.15) is 54.9 Å². The van der Waals surface area contributed by atoms with Gasteiger partial charge >= 0.3 is 0 Å². The summed E-state index contributed by atoms with van der Waals surface area (Å²) in [4.78, 5) is 23.2. The number of benzene rings is 4. The third kappa shape index (κ3) is 4.88. The maximum absolute atomic E-state index is 11.8. The zero-order valence-corrected chi connectivity index (χ0v) is 21.6. The predicted molar refractivity (Wildman–Crippen MR) is 145 cm³/mol. The fourth-order valence-electron chi connectivity index (χ4n) is 5.42. The van der Waals surface area contributed by atoms with Gasteiger partial charge in [0.1, 0.15) is 29.3 Å². The minimum absolute atomic E-state index is 0.0221. The molecule has 8 heteroatoms. The highest BCUT2D eigenvalue weighted by atomic mass is 16.6. The van der Waals surface area contributed by atoms with Crippen molar-refractivity contribution in [1.82, 2.24) is 0 Å². The van der Waals surface area contributed by atoms with Crippen LogP contribution in [0, 0.1) is 10.1 Å². The van der Waals surface area contributed by atoms with Crippen LogP contribution in [0.3, 0.4) is 0 Å². The first-order valence-electron chi connectivity index (χ1n) is 12.4. The number of fused-ring (bicyclic) bond motifs is 8. The summed E-state index contributed by atoms with van der Waals surface area (Å²) in [5.41, 5.74) is 5.19. The zero-order valence-electron chi connectivity index (χ0n) is 21.6. The summed E-state index contributed by atoms with van der Waals surface area (Å²) < 4.78 is 11.5. The molecule has 0 saturated heterocycles. The van der Waals surface area contributed by atoms with Crippen LogP contribution in [0.4, 0.5) is 5.69 Å². The van der Waals surface area contributed by atoms with Crippen molar-refractivity contribution in [3.05, 3.63) is 121 Å². The van der Waals surface area contributed by atoms with Crippen molar-refractivity contribution in [2.75, 3.05) is 14.2 Å². The van der Waals surface area contributed by atoms with Crippen LogP contribution >= 0.6 is 0 Å². The Kier molecular flexibility index (Phi) is 6.94. The summed E-state index contributed by atoms with van der Waals surface area (Å²) in [6.45, 7) is 0. The number of nitrogens with zero attached hydrogens (tertiary/aromatic N) is 1. The molecule has 0 atom stereocenters. The first kappa shape index (κ1) is 25.8. The van der Waals surface area contributed by atoms with E-state index in [9.17, 15) is 25.1 Å². The van der Waals surface area contributed by atoms with Crippen LogP contribution in [0.2, 0.25) is 0 Å². The summed E-state index contributed by atoms with van der Waals surface area (Å²) in [5.74, 6) is 1.15. The van der Waals surface area contributed by atoms with E-state index in [0.29, 0.717) is 39.3 Å². The van der Waals surface area contributed by atoms with E-state index < -0.39 is 4.92 Å². The van der Waals surface area contributed by atoms with Crippen molar-refractivity contribution in [1.29, 1.82) is 0 Å². The van der Waals surface area contributed by atoms with E-state index >= 15 is 0 Å². The third-order valence-electron chi connectivity index (χ3n) is 7.18. The lowest BCUT2D eigenvalue weighted by Crippen LogP contribution is -2.05. The quantitative estimate of drug-likeness (QED) is 0.180. The Labute approximate surface area is 225 Å². The molecule has 0 heterocycles. The van der Waals surface area contributed by atoms with Gasteiger partial charge < -0.3 is 19.7 Å². The summed E-state index contributed by atoms with van der Waals surface area (Å²) in [7, 11) is 3.07. The van der Waals surface area contributed by atoms with Gasteiger partial charge in [0.25, 0.3) is 5.69 Å². The lowest BCUT2D eigenvalue weighted by atomic mass is 9.90. The minimum atomic E-state index is -0.466. The Bertz CT molecular complexity index is 1510. The van der Waals surface area contributed by atoms with Crippen LogP contribution in [0.15, 0.2) is 60.7 Å². The number of aromatic hydroxyl groups is 2. The van der Waals surface area contributed by atoms with Crippen LogP contribution < -0.4 is 9.47 Å². The monoisotopic (exact) mass is 525 g/mol. The number of rotatable bonds is 4. The SMILES string of the molecule is COc1c2cccc1Cc1cc([N+](=O)[O-])cc(c1O)Cc1cccc(c1OC)Cc1cc(C=O)cc(c1O)C2. The van der Waals surface area contributed by atoms with Crippen LogP contribution in [0.25, 0.3) is 0 Å². The van der Waals surface area contributed by atoms with Gasteiger partial charge in [-0.2, -0.15) is 0 Å². The second-order valence-electron chi connectivity index (χ2n) is 9.60. The van der Waals surface area contributed by atoms with E-state index in [0.717, 1.165) is 28.5 Å². The fourth-order valence-corrected chi connectivity index (χ4v) is 5.42. The van der Waals surface area contributed by atoms with E-state index in [-0.39, 0.29) is 42.9 Å². The van der Waals surface area contributed by atoms with Gasteiger partial charge in [-0.15, -0.1) is 0 Å². The molecule has 8 nitrogen and oxygen atoms in total. The molecule has 1 aliphatic rings. The van der Waals surface area contributed by atoms with Crippen LogP contribution in [0.5, 0.6) is 23.0 Å². The van der Waals surface area contributed by atoms with Gasteiger partial charge in [0, 0.05) is 54.5 Å². The molecule has 0 radical (unpaired) electrons. The molecule has 198 valence electrons. The molecular formula is C31H27NO7. The van der Waals surface area contributed by atoms with Crippen molar-refractivity contribution in [3.8, 4) is 23.0 Å². The maximum Gasteiger partial charge on any atom is 0.270 e. The number of hydrogen-bond acceptors (Lipinski definition) is 7. The van der Waals surface area contributed by atoms with Gasteiger partial charge in [-0.3, -0.25) is 14.9 Å². The lowest BCUT2D eigenvalue weighted by Gasteiger charge is -2.19. The average Bonchev–Trinajstić information content (AvgIpc) is 2.92. The third-order valence-corrected chi connectivity index (χ3v) is 7.18. The molecule has 4 aromatic carbocycles. The average molecular weight is 526 g/mol. The predicted octanol–water partition coefficient (Wildman–Crippen LogP) is 5.51. The number of para-hydroxylation sites is 2. The topological polar surface area (TPSA) is 119 Å². The molecule has 0 unspecified atom stereocenters. The van der Waals surface area contributed by atoms with Crippen LogP contribution in [-0.2, 0) is 25.7 Å². The van der Waals surface area contributed by atoms with E-state index in [1.54, 1.807) is 12.1 Å². The Morgan fingerprint density at radius 2 is 1.05 bits per heavy atom. The molecule has 0 aromatic heterocycles. The van der Waals surface area contributed by atoms with E-state index in [4.69, 9.17) is 9.47 Å². The normalized spacial score (nSPS) is 12.5. The van der Waals surface area contributed by atoms with Crippen molar-refractivity contribution in [2.45, 2.75) is 25.7 Å². The largest absolute Gasteiger partial charge is 0.507 e. The highest BCUT2D eigenvalue weighted by Crippen LogP contribution is 2.39. The molecule has 0 amide bonds. The molecule has 1 aliphatic carbocycles. The number of ether oxygens (including phenoxy) is 2. The van der Waals surface area contributed by atoms with Gasteiger partial charge in [0.05, 0.1) is 19.1 Å². The van der Waals surface area contributed by atoms with E-state index in [2.05, 4.69) is 0 Å². The standard InChI is InChI=1S/C31H27NO7/c1-38-30-19-5-3-7-21(30)13-25-15-27(32(36)37)16-26(29(25)35)14-22-8-4-6-20(31(22)39-2)12-24-10-18(17-33)9-23(11-19)28(24)34/h3-10,15-17,34-35H,11-14H2,1-2H3. The van der Waals surface area contributed by atoms with Crippen molar-refractivity contribution < 1.29 is 29.4 Å². The minimum Gasteiger partial charge on any atom is -0.507 e. The molecule has 0 saturated carbocycles. The number of aldehydes is 1. The number of phenolic OH excluding ortho intramolecular Hbond substituents is 2. The number of methoxy groups -OCH3 is 2. The van der Waals surface area contributed by atoms with Gasteiger partial charge in [0.2, 0.25) is 0 Å². The van der Waals surface area contributed by atoms with Crippen LogP contribution in [-0.4, -0.2) is 35.6 Å². The Morgan fingerprint density at radius 1 is 0.692 bits per heavy atom. The molecule has 8 bridgehead atoms. The lowest BCUT2D eigenvalue weighted by molar-refractivity contribution is -0.385. The van der Waals surface area contributed by atoms with Gasteiger partial charge in [-0.1, -0.05) is 36.4 Å². The maximum atomic E-state index is 11.8. The Balaban J connectivity index is 1.80. The number of hydrogen-bond donors (Lipinski definition) is 2. The highest BCUT2D eigenvalue weighted by molar-refractivity contribution is 5.77. The van der Waals surface area contributed by atoms with Crippen molar-refractivity contribution >= 4 is 12.0 Å². The first-order valence-corrected chi connectivity index (χ1v) is 12.4. The summed E-state index contributed by atoms with van der Waals surface area (Å²) in [6.07, 6.45) is 1.68. The van der Waals surface area contributed by atoms with E-state index in [1.807, 2.05) is 36.4 Å². The molecule has 0 aliphatic heterocycles. The van der Waals surface area contributed by atoms with E-state index in [1.165, 1.54) is 26.4 Å². The summed E-state index contributed by atoms with van der Waals surface area (Å²) >= 11 is 0. The second kappa shape index (κ2) is 10.5. The van der Waals surface area contributed by atoms with Crippen molar-refractivity contribution in [2.24, 2.45) is 0 Å². The number of carbonyl (C=O) groups is 1. The molecular weight excluding hydrogens is 498 g/mol. The Morgan fingerprint density at radius 3 is 1.36 bits per heavy atom. The summed E-state index contributed by atoms with van der Waals surface area (Å²) in [5, 5.41) is 34.4. The Hall–Kier alpha value is -4.85. The zero-order chi connectivity index (χ0) is 27.7. The molecule has 0 spiro atoms. The highest BCUT2D eigenvalue weighted by Gasteiger charge is 2.22. The molecule has 39 heavy (non-hydrogen) atoms. The first-order chi connectivity index (χ1) is 18.8. The number of nitro groups is 1. The number of nitro benzene ring substituents is 1. The van der Waals surface area contributed by atoms with Gasteiger partial charge in [-0.25, -0.2) is 0 Å². The summed E-state index contributed by atoms with van der Waals surface area (Å²) in [6, 6.07) is 17.2. The smallest absolute Gasteiger partial charge is 0.270 e. The number of phenols is 2. The fraction of sp³-hybridized carbons (Fsp3) is 0.194. The number of carbonyl (C=O) groups excluding carboxylic acids is 1. The molecule has 5 rings (SSSR count). The second-order valence-corrected chi connectivity index (χ2v) is 9.60. The number of non-ortho nitro benzene ring substituents is 1. The van der Waals surface area contributed by atoms with Gasteiger partial charge in [0.15, 0.2) is 0 Å². The molecule has 2 N–H and O–H groups in total.